The second-order valence-electron chi connectivity index (χ2n) is 7.25. The van der Waals surface area contributed by atoms with Crippen molar-refractivity contribution in [2.45, 2.75) is 26.7 Å². The molecule has 1 aliphatic rings. The van der Waals surface area contributed by atoms with Crippen molar-refractivity contribution in [3.05, 3.63) is 52.0 Å². The van der Waals surface area contributed by atoms with Gasteiger partial charge in [-0.25, -0.2) is 4.98 Å². The van der Waals surface area contributed by atoms with Gasteiger partial charge in [-0.1, -0.05) is 44.2 Å². The number of hydrogen-bond acceptors (Lipinski definition) is 4. The van der Waals surface area contributed by atoms with Crippen LogP contribution in [-0.2, 0) is 6.42 Å². The number of nitrogens with zero attached hydrogens (tertiary/aromatic N) is 2. The Balaban J connectivity index is 1.45. The number of benzene rings is 1. The van der Waals surface area contributed by atoms with Gasteiger partial charge in [-0.05, 0) is 23.8 Å². The summed E-state index contributed by atoms with van der Waals surface area (Å²) in [5, 5.41) is 5.86. The van der Waals surface area contributed by atoms with E-state index < -0.39 is 0 Å². The molecule has 0 aliphatic carbocycles. The van der Waals surface area contributed by atoms with Gasteiger partial charge in [0.1, 0.15) is 5.69 Å². The fourth-order valence-electron chi connectivity index (χ4n) is 3.66. The lowest BCUT2D eigenvalue weighted by Gasteiger charge is -2.34. The summed E-state index contributed by atoms with van der Waals surface area (Å²) in [6, 6.07) is 10.2. The summed E-state index contributed by atoms with van der Waals surface area (Å²) in [7, 11) is 0. The largest absolute Gasteiger partial charge is 0.349 e. The molecule has 0 spiro atoms. The number of thiazole rings is 1. The molecule has 1 N–H and O–H groups in total. The number of aromatic nitrogens is 1. The number of amides is 1. The van der Waals surface area contributed by atoms with E-state index in [1.54, 1.807) is 11.3 Å². The maximum atomic E-state index is 12.3. The van der Waals surface area contributed by atoms with Gasteiger partial charge < -0.3 is 10.2 Å². The first-order valence-electron chi connectivity index (χ1n) is 9.09. The van der Waals surface area contributed by atoms with Gasteiger partial charge in [-0.15, -0.1) is 11.3 Å². The molecule has 3 rings (SSSR count). The first-order valence-corrected chi connectivity index (χ1v) is 9.97. The molecule has 134 valence electrons. The predicted octanol–water partition coefficient (Wildman–Crippen LogP) is 3.44. The summed E-state index contributed by atoms with van der Waals surface area (Å²) in [5.41, 5.74) is 1.76. The minimum absolute atomic E-state index is 0.0614. The fourth-order valence-corrected chi connectivity index (χ4v) is 4.47. The molecule has 0 saturated carbocycles. The zero-order valence-corrected chi connectivity index (χ0v) is 15.9. The Morgan fingerprint density at radius 3 is 2.68 bits per heavy atom. The quantitative estimate of drug-likeness (QED) is 0.861. The van der Waals surface area contributed by atoms with Crippen LogP contribution < -0.4 is 5.32 Å². The van der Waals surface area contributed by atoms with Crippen LogP contribution in [0.4, 0.5) is 0 Å². The van der Waals surface area contributed by atoms with E-state index in [4.69, 9.17) is 0 Å². The van der Waals surface area contributed by atoms with Crippen LogP contribution in [0.15, 0.2) is 35.7 Å². The van der Waals surface area contributed by atoms with E-state index in [0.717, 1.165) is 42.9 Å². The minimum Gasteiger partial charge on any atom is -0.349 e. The lowest BCUT2D eigenvalue weighted by molar-refractivity contribution is 0.0932. The maximum Gasteiger partial charge on any atom is 0.270 e. The van der Waals surface area contributed by atoms with Crippen molar-refractivity contribution < 1.29 is 4.79 Å². The average molecular weight is 358 g/mol. The minimum atomic E-state index is -0.0614. The summed E-state index contributed by atoms with van der Waals surface area (Å²) < 4.78 is 0. The van der Waals surface area contributed by atoms with Crippen LogP contribution in [0.5, 0.6) is 0 Å². The molecule has 1 amide bonds. The fraction of sp³-hybridized carbons (Fsp3) is 0.500. The van der Waals surface area contributed by atoms with Crippen LogP contribution in [0, 0.1) is 11.8 Å². The third kappa shape index (κ3) is 5.38. The molecule has 2 aromatic rings. The molecule has 1 aliphatic heterocycles. The molecule has 2 heterocycles. The highest BCUT2D eigenvalue weighted by molar-refractivity contribution is 7.09. The van der Waals surface area contributed by atoms with Crippen molar-refractivity contribution in [1.29, 1.82) is 0 Å². The number of rotatable bonds is 6. The Morgan fingerprint density at radius 1 is 1.24 bits per heavy atom. The molecule has 0 radical (unpaired) electrons. The number of carbonyl (C=O) groups excluding carboxylic acids is 1. The molecule has 1 saturated heterocycles. The summed E-state index contributed by atoms with van der Waals surface area (Å²) >= 11 is 1.55. The molecule has 1 aromatic carbocycles. The van der Waals surface area contributed by atoms with E-state index in [1.165, 1.54) is 12.0 Å². The predicted molar refractivity (Wildman–Crippen MR) is 103 cm³/mol. The van der Waals surface area contributed by atoms with E-state index in [1.807, 2.05) is 23.6 Å². The Kier molecular flexibility index (Phi) is 6.21. The smallest absolute Gasteiger partial charge is 0.270 e. The standard InChI is InChI=1S/C20H27N3OS/c1-15-10-16(2)13-23(12-15)9-8-21-20(24)18-14-25-19(22-18)11-17-6-4-3-5-7-17/h3-7,14-16H,8-13H2,1-2H3,(H,21,24). The number of nitrogens with one attached hydrogen (secondary N) is 1. The Bertz CT molecular complexity index is 675. The normalized spacial score (nSPS) is 21.2. The molecule has 1 fully saturated rings. The van der Waals surface area contributed by atoms with Gasteiger partial charge in [0.05, 0.1) is 5.01 Å². The van der Waals surface area contributed by atoms with Crippen molar-refractivity contribution in [2.24, 2.45) is 11.8 Å². The first kappa shape index (κ1) is 18.1. The zero-order chi connectivity index (χ0) is 17.6. The number of carbonyl (C=O) groups is 1. The monoisotopic (exact) mass is 357 g/mol. The highest BCUT2D eigenvalue weighted by Crippen LogP contribution is 2.20. The molecule has 2 unspecified atom stereocenters. The highest BCUT2D eigenvalue weighted by Gasteiger charge is 2.21. The van der Waals surface area contributed by atoms with Crippen molar-refractivity contribution in [3.63, 3.8) is 0 Å². The van der Waals surface area contributed by atoms with E-state index in [0.29, 0.717) is 12.2 Å². The molecular weight excluding hydrogens is 330 g/mol. The molecule has 0 bridgehead atoms. The van der Waals surface area contributed by atoms with Crippen LogP contribution in [0.25, 0.3) is 0 Å². The molecule has 5 heteroatoms. The molecular formula is C20H27N3OS. The summed E-state index contributed by atoms with van der Waals surface area (Å²) in [6.45, 7) is 8.50. The van der Waals surface area contributed by atoms with Gasteiger partial charge in [-0.3, -0.25) is 4.79 Å². The van der Waals surface area contributed by atoms with Crippen molar-refractivity contribution >= 4 is 17.2 Å². The molecule has 1 aromatic heterocycles. The van der Waals surface area contributed by atoms with E-state index in [2.05, 4.69) is 41.2 Å². The van der Waals surface area contributed by atoms with Crippen molar-refractivity contribution in [2.75, 3.05) is 26.2 Å². The Labute approximate surface area is 154 Å². The van der Waals surface area contributed by atoms with Crippen LogP contribution >= 0.6 is 11.3 Å². The van der Waals surface area contributed by atoms with Crippen LogP contribution in [0.3, 0.4) is 0 Å². The van der Waals surface area contributed by atoms with E-state index in [-0.39, 0.29) is 5.91 Å². The van der Waals surface area contributed by atoms with Crippen LogP contribution in [0.1, 0.15) is 41.3 Å². The Hall–Kier alpha value is -1.72. The van der Waals surface area contributed by atoms with E-state index in [9.17, 15) is 4.79 Å². The number of hydrogen-bond donors (Lipinski definition) is 1. The maximum absolute atomic E-state index is 12.3. The molecule has 2 atom stereocenters. The first-order chi connectivity index (χ1) is 12.1. The molecule has 25 heavy (non-hydrogen) atoms. The number of likely N-dealkylation sites (tertiary alicyclic amines) is 1. The zero-order valence-electron chi connectivity index (χ0n) is 15.1. The van der Waals surface area contributed by atoms with Crippen LogP contribution in [0.2, 0.25) is 0 Å². The van der Waals surface area contributed by atoms with Crippen molar-refractivity contribution in [3.8, 4) is 0 Å². The Morgan fingerprint density at radius 2 is 1.96 bits per heavy atom. The topological polar surface area (TPSA) is 45.2 Å². The van der Waals surface area contributed by atoms with E-state index >= 15 is 0 Å². The van der Waals surface area contributed by atoms with Gasteiger partial charge in [-0.2, -0.15) is 0 Å². The van der Waals surface area contributed by atoms with Crippen LogP contribution in [-0.4, -0.2) is 42.0 Å². The summed E-state index contributed by atoms with van der Waals surface area (Å²) in [4.78, 5) is 19.2. The third-order valence-electron chi connectivity index (χ3n) is 4.64. The van der Waals surface area contributed by atoms with Gasteiger partial charge >= 0.3 is 0 Å². The van der Waals surface area contributed by atoms with Gasteiger partial charge in [0, 0.05) is 38.0 Å². The second-order valence-corrected chi connectivity index (χ2v) is 8.19. The molecule has 4 nitrogen and oxygen atoms in total. The summed E-state index contributed by atoms with van der Waals surface area (Å²) in [5.74, 6) is 1.44. The van der Waals surface area contributed by atoms with Gasteiger partial charge in [0.15, 0.2) is 0 Å². The lowest BCUT2D eigenvalue weighted by atomic mass is 9.92. The average Bonchev–Trinajstić information content (AvgIpc) is 3.03. The van der Waals surface area contributed by atoms with Crippen molar-refractivity contribution in [1.82, 2.24) is 15.2 Å². The summed E-state index contributed by atoms with van der Waals surface area (Å²) in [6.07, 6.45) is 2.09. The third-order valence-corrected chi connectivity index (χ3v) is 5.49. The lowest BCUT2D eigenvalue weighted by Crippen LogP contribution is -2.42. The number of piperidine rings is 1. The van der Waals surface area contributed by atoms with Gasteiger partial charge in [0.2, 0.25) is 0 Å². The second kappa shape index (κ2) is 8.59. The highest BCUT2D eigenvalue weighted by atomic mass is 32.1. The van der Waals surface area contributed by atoms with Gasteiger partial charge in [0.25, 0.3) is 5.91 Å². The SMILES string of the molecule is CC1CC(C)CN(CCNC(=O)c2csc(Cc3ccccc3)n2)C1.